The predicted molar refractivity (Wildman–Crippen MR) is 75.0 cm³/mol. The van der Waals surface area contributed by atoms with Gasteiger partial charge in [0.25, 0.3) is 0 Å². The first-order valence-electron chi connectivity index (χ1n) is 6.05. The summed E-state index contributed by atoms with van der Waals surface area (Å²) >= 11 is 0. The van der Waals surface area contributed by atoms with E-state index in [0.29, 0.717) is 5.75 Å². The van der Waals surface area contributed by atoms with E-state index in [1.165, 1.54) is 0 Å². The van der Waals surface area contributed by atoms with Crippen LogP contribution in [0.15, 0.2) is 35.8 Å². The van der Waals surface area contributed by atoms with E-state index in [4.69, 9.17) is 21.4 Å². The highest BCUT2D eigenvalue weighted by Gasteiger charge is 2.11. The molecule has 0 radical (unpaired) electrons. The molecule has 0 atom stereocenters. The number of hydrazine groups is 1. The van der Waals surface area contributed by atoms with Gasteiger partial charge in [-0.2, -0.15) is 0 Å². The number of carboxylic acid groups (broad SMARTS) is 1. The molecule has 0 bridgehead atoms. The summed E-state index contributed by atoms with van der Waals surface area (Å²) in [6, 6.07) is 6.84. The second kappa shape index (κ2) is 7.71. The average Bonchev–Trinajstić information content (AvgIpc) is 2.45. The summed E-state index contributed by atoms with van der Waals surface area (Å²) in [6.45, 7) is 2.06. The van der Waals surface area contributed by atoms with E-state index >= 15 is 0 Å². The normalized spacial score (nSPS) is 10.9. The Labute approximate surface area is 117 Å². The third-order valence-corrected chi connectivity index (χ3v) is 2.29. The minimum atomic E-state index is -1.32. The lowest BCUT2D eigenvalue weighted by Crippen LogP contribution is -2.31. The molecule has 106 valence electrons. The third-order valence-electron chi connectivity index (χ3n) is 2.29. The number of ether oxygens (including phenoxy) is 1. The molecule has 0 unspecified atom stereocenters. The summed E-state index contributed by atoms with van der Waals surface area (Å²) in [5.74, 6) is 10.1. The van der Waals surface area contributed by atoms with Crippen molar-refractivity contribution in [2.45, 2.75) is 19.8 Å². The van der Waals surface area contributed by atoms with Gasteiger partial charge in [0.15, 0.2) is 5.70 Å². The van der Waals surface area contributed by atoms with Crippen molar-refractivity contribution in [2.75, 3.05) is 0 Å². The maximum Gasteiger partial charge on any atom is 0.357 e. The molecule has 0 fully saturated rings. The molecule has 6 nitrogen and oxygen atoms in total. The molecular formula is C14H17N3O3. The molecule has 0 spiro atoms. The highest BCUT2D eigenvalue weighted by atomic mass is 16.5. The van der Waals surface area contributed by atoms with Gasteiger partial charge in [0, 0.05) is 12.0 Å². The van der Waals surface area contributed by atoms with Crippen molar-refractivity contribution in [3.8, 4) is 17.6 Å². The zero-order valence-corrected chi connectivity index (χ0v) is 11.1. The van der Waals surface area contributed by atoms with Crippen molar-refractivity contribution in [3.05, 3.63) is 41.4 Å². The number of rotatable bonds is 5. The van der Waals surface area contributed by atoms with Crippen molar-refractivity contribution in [3.63, 3.8) is 0 Å². The van der Waals surface area contributed by atoms with Crippen LogP contribution >= 0.6 is 0 Å². The third kappa shape index (κ3) is 4.55. The van der Waals surface area contributed by atoms with Crippen molar-refractivity contribution in [1.29, 1.82) is 0 Å². The highest BCUT2D eigenvalue weighted by Crippen LogP contribution is 2.14. The zero-order valence-electron chi connectivity index (χ0n) is 11.1. The largest absolute Gasteiger partial charge is 0.476 e. The number of nitrogens with two attached hydrogens (primary N) is 2. The van der Waals surface area contributed by atoms with Gasteiger partial charge < -0.3 is 15.6 Å². The number of carboxylic acids is 1. The van der Waals surface area contributed by atoms with Gasteiger partial charge in [-0.25, -0.2) is 10.6 Å². The van der Waals surface area contributed by atoms with Crippen LogP contribution in [-0.2, 0) is 4.79 Å². The van der Waals surface area contributed by atoms with Crippen LogP contribution in [0.3, 0.4) is 0 Å². The number of carbonyl (C=O) groups is 1. The van der Waals surface area contributed by atoms with E-state index in [1.807, 2.05) is 0 Å². The van der Waals surface area contributed by atoms with Gasteiger partial charge in [-0.05, 0) is 30.7 Å². The van der Waals surface area contributed by atoms with Gasteiger partial charge in [-0.1, -0.05) is 18.8 Å². The molecule has 0 heterocycles. The maximum atomic E-state index is 10.7. The van der Waals surface area contributed by atoms with Crippen LogP contribution in [0.1, 0.15) is 25.3 Å². The average molecular weight is 275 g/mol. The Balaban J connectivity index is 2.82. The number of unbranched alkanes of at least 4 members (excludes halogenated alkanes) is 1. The van der Waals surface area contributed by atoms with Crippen molar-refractivity contribution in [2.24, 2.45) is 11.6 Å². The van der Waals surface area contributed by atoms with Crippen LogP contribution in [0, 0.1) is 11.8 Å². The monoisotopic (exact) mass is 275 g/mol. The second-order valence-corrected chi connectivity index (χ2v) is 3.87. The summed E-state index contributed by atoms with van der Waals surface area (Å²) < 4.78 is 5.26. The van der Waals surface area contributed by atoms with Gasteiger partial charge in [0.1, 0.15) is 5.75 Å². The van der Waals surface area contributed by atoms with Crippen molar-refractivity contribution in [1.82, 2.24) is 5.43 Å². The molecule has 0 aliphatic heterocycles. The molecule has 20 heavy (non-hydrogen) atoms. The Kier molecular flexibility index (Phi) is 5.94. The summed E-state index contributed by atoms with van der Waals surface area (Å²) in [4.78, 5) is 10.7. The van der Waals surface area contributed by atoms with Crippen LogP contribution in [0.25, 0.3) is 0 Å². The fraction of sp³-hybridized carbons (Fsp3) is 0.214. The predicted octanol–water partition coefficient (Wildman–Crippen LogP) is 0.893. The number of nitrogens with one attached hydrogen (secondary N) is 1. The molecule has 0 aliphatic rings. The minimum Gasteiger partial charge on any atom is -0.476 e. The summed E-state index contributed by atoms with van der Waals surface area (Å²) in [6.07, 6.45) is 1.86. The van der Waals surface area contributed by atoms with Crippen LogP contribution in [0.4, 0.5) is 0 Å². The van der Waals surface area contributed by atoms with Crippen molar-refractivity contribution < 1.29 is 14.6 Å². The Bertz CT molecular complexity index is 553. The first kappa shape index (κ1) is 15.4. The Morgan fingerprint density at radius 2 is 2.05 bits per heavy atom. The number of hydrogen-bond donors (Lipinski definition) is 4. The molecule has 6 heteroatoms. The maximum absolute atomic E-state index is 10.7. The fourth-order valence-electron chi connectivity index (χ4n) is 1.27. The van der Waals surface area contributed by atoms with E-state index in [0.717, 1.165) is 18.4 Å². The first-order chi connectivity index (χ1) is 9.58. The minimum absolute atomic E-state index is 0.220. The van der Waals surface area contributed by atoms with E-state index < -0.39 is 11.7 Å². The SMILES string of the molecule is CCCC#Cc1ccc(O/C(NN)=C(/N)C(=O)O)cc1. The molecule has 1 aromatic rings. The molecule has 1 rings (SSSR count). The lowest BCUT2D eigenvalue weighted by molar-refractivity contribution is -0.132. The molecule has 0 aromatic heterocycles. The highest BCUT2D eigenvalue weighted by molar-refractivity contribution is 5.85. The van der Waals surface area contributed by atoms with E-state index in [-0.39, 0.29) is 5.88 Å². The molecular weight excluding hydrogens is 258 g/mol. The first-order valence-corrected chi connectivity index (χ1v) is 6.05. The quantitative estimate of drug-likeness (QED) is 0.209. The smallest absolute Gasteiger partial charge is 0.357 e. The molecule has 0 saturated carbocycles. The zero-order chi connectivity index (χ0) is 15.0. The molecule has 0 amide bonds. The number of benzene rings is 1. The van der Waals surface area contributed by atoms with Gasteiger partial charge in [-0.3, -0.25) is 5.43 Å². The molecule has 6 N–H and O–H groups in total. The Morgan fingerprint density at radius 3 is 2.55 bits per heavy atom. The summed E-state index contributed by atoms with van der Waals surface area (Å²) in [5, 5.41) is 8.75. The lowest BCUT2D eigenvalue weighted by atomic mass is 10.2. The molecule has 0 saturated heterocycles. The van der Waals surface area contributed by atoms with Gasteiger partial charge in [0.05, 0.1) is 0 Å². The van der Waals surface area contributed by atoms with E-state index in [1.54, 1.807) is 24.3 Å². The Morgan fingerprint density at radius 1 is 1.40 bits per heavy atom. The van der Waals surface area contributed by atoms with Crippen LogP contribution in [0.5, 0.6) is 5.75 Å². The van der Waals surface area contributed by atoms with E-state index in [9.17, 15) is 4.79 Å². The van der Waals surface area contributed by atoms with Crippen LogP contribution in [0.2, 0.25) is 0 Å². The summed E-state index contributed by atoms with van der Waals surface area (Å²) in [5.41, 5.74) is 7.78. The van der Waals surface area contributed by atoms with Gasteiger partial charge in [-0.15, -0.1) is 0 Å². The lowest BCUT2D eigenvalue weighted by Gasteiger charge is -2.10. The van der Waals surface area contributed by atoms with E-state index in [2.05, 4.69) is 24.2 Å². The van der Waals surface area contributed by atoms with Crippen molar-refractivity contribution >= 4 is 5.97 Å². The molecule has 1 aromatic carbocycles. The van der Waals surface area contributed by atoms with Crippen LogP contribution in [-0.4, -0.2) is 11.1 Å². The number of aliphatic carboxylic acids is 1. The summed E-state index contributed by atoms with van der Waals surface area (Å²) in [7, 11) is 0. The standard InChI is InChI=1S/C14H17N3O3/c1-2-3-4-5-10-6-8-11(9-7-10)20-13(17-16)12(15)14(18)19/h6-9,17H,2-3,15-16H2,1H3,(H,18,19)/b13-12+. The van der Waals surface area contributed by atoms with Gasteiger partial charge >= 0.3 is 5.97 Å². The second-order valence-electron chi connectivity index (χ2n) is 3.87. The fourth-order valence-corrected chi connectivity index (χ4v) is 1.27. The Hall–Kier alpha value is -2.65. The van der Waals surface area contributed by atoms with Crippen LogP contribution < -0.4 is 21.7 Å². The number of hydrogen-bond acceptors (Lipinski definition) is 5. The molecule has 0 aliphatic carbocycles. The topological polar surface area (TPSA) is 111 Å². The van der Waals surface area contributed by atoms with Gasteiger partial charge in [0.2, 0.25) is 5.88 Å².